The summed E-state index contributed by atoms with van der Waals surface area (Å²) in [6, 6.07) is 6.92. The largest absolute Gasteiger partial charge is 0.385 e. The predicted molar refractivity (Wildman–Crippen MR) is 98.2 cm³/mol. The lowest BCUT2D eigenvalue weighted by Crippen LogP contribution is -2.49. The summed E-state index contributed by atoms with van der Waals surface area (Å²) in [6.45, 7) is 4.87. The fourth-order valence-corrected chi connectivity index (χ4v) is 3.61. The molecule has 1 saturated heterocycles. The Morgan fingerprint density at radius 2 is 1.83 bits per heavy atom. The first kappa shape index (κ1) is 18.4. The molecule has 2 fully saturated rings. The Bertz CT molecular complexity index is 555. The fourth-order valence-electron chi connectivity index (χ4n) is 3.61. The molecule has 1 aromatic carbocycles. The third-order valence-corrected chi connectivity index (χ3v) is 4.99. The molecule has 1 saturated carbocycles. The second kappa shape index (κ2) is 7.73. The molecular formula is C17H25Cl2N3O. The van der Waals surface area contributed by atoms with Crippen LogP contribution in [0.1, 0.15) is 35.2 Å². The van der Waals surface area contributed by atoms with Gasteiger partial charge in [-0.1, -0.05) is 6.07 Å². The summed E-state index contributed by atoms with van der Waals surface area (Å²) in [4.78, 5) is 17.4. The van der Waals surface area contributed by atoms with Crippen molar-refractivity contribution in [2.45, 2.75) is 31.7 Å². The maximum absolute atomic E-state index is 12.8. The van der Waals surface area contributed by atoms with Crippen molar-refractivity contribution in [2.24, 2.45) is 0 Å². The van der Waals surface area contributed by atoms with Crippen LogP contribution in [0.4, 0.5) is 5.69 Å². The first-order valence-electron chi connectivity index (χ1n) is 8.22. The Labute approximate surface area is 150 Å². The molecule has 2 heterocycles. The molecule has 1 amide bonds. The first-order chi connectivity index (χ1) is 10.3. The SMILES string of the molecule is Cl.Cl.O=C(c1cccc2c1CCCN2)N1CCN(C2CC2)CC1. The smallest absolute Gasteiger partial charge is 0.254 e. The van der Waals surface area contributed by atoms with E-state index in [2.05, 4.69) is 16.3 Å². The van der Waals surface area contributed by atoms with Crippen LogP contribution in [0.25, 0.3) is 0 Å². The Hall–Kier alpha value is -0.970. The van der Waals surface area contributed by atoms with E-state index in [1.165, 1.54) is 18.4 Å². The Morgan fingerprint density at radius 1 is 1.09 bits per heavy atom. The van der Waals surface area contributed by atoms with Crippen molar-refractivity contribution in [3.05, 3.63) is 29.3 Å². The van der Waals surface area contributed by atoms with Crippen LogP contribution in [0, 0.1) is 0 Å². The molecule has 23 heavy (non-hydrogen) atoms. The zero-order valence-corrected chi connectivity index (χ0v) is 14.9. The summed E-state index contributed by atoms with van der Waals surface area (Å²) in [6.07, 6.45) is 4.84. The van der Waals surface area contributed by atoms with Crippen molar-refractivity contribution in [2.75, 3.05) is 38.0 Å². The van der Waals surface area contributed by atoms with Crippen LogP contribution in [0.15, 0.2) is 18.2 Å². The van der Waals surface area contributed by atoms with E-state index in [0.717, 1.165) is 62.9 Å². The van der Waals surface area contributed by atoms with Crippen LogP contribution in [-0.2, 0) is 6.42 Å². The van der Waals surface area contributed by atoms with E-state index in [1.807, 2.05) is 17.0 Å². The number of amides is 1. The van der Waals surface area contributed by atoms with Gasteiger partial charge in [-0.25, -0.2) is 0 Å². The summed E-state index contributed by atoms with van der Waals surface area (Å²) in [5.74, 6) is 0.228. The van der Waals surface area contributed by atoms with E-state index in [4.69, 9.17) is 0 Å². The van der Waals surface area contributed by atoms with Crippen LogP contribution in [0.5, 0.6) is 0 Å². The number of nitrogens with one attached hydrogen (secondary N) is 1. The molecule has 0 atom stereocenters. The number of hydrogen-bond donors (Lipinski definition) is 1. The molecule has 128 valence electrons. The highest BCUT2D eigenvalue weighted by Gasteiger charge is 2.33. The van der Waals surface area contributed by atoms with Crippen LogP contribution in [-0.4, -0.2) is 54.5 Å². The number of rotatable bonds is 2. The third kappa shape index (κ3) is 3.76. The van der Waals surface area contributed by atoms with Crippen molar-refractivity contribution in [1.29, 1.82) is 0 Å². The van der Waals surface area contributed by atoms with Crippen LogP contribution in [0.2, 0.25) is 0 Å². The predicted octanol–water partition coefficient (Wildman–Crippen LogP) is 2.81. The van der Waals surface area contributed by atoms with Gasteiger partial charge in [0.25, 0.3) is 5.91 Å². The van der Waals surface area contributed by atoms with E-state index < -0.39 is 0 Å². The minimum absolute atomic E-state index is 0. The summed E-state index contributed by atoms with van der Waals surface area (Å²) in [5, 5.41) is 3.41. The Kier molecular flexibility index (Phi) is 6.18. The van der Waals surface area contributed by atoms with E-state index in [-0.39, 0.29) is 30.7 Å². The van der Waals surface area contributed by atoms with E-state index >= 15 is 0 Å². The molecule has 3 aliphatic rings. The molecule has 1 N–H and O–H groups in total. The number of fused-ring (bicyclic) bond motifs is 1. The summed E-state index contributed by atoms with van der Waals surface area (Å²) >= 11 is 0. The van der Waals surface area contributed by atoms with Gasteiger partial charge in [0.05, 0.1) is 0 Å². The van der Waals surface area contributed by atoms with Crippen molar-refractivity contribution in [3.63, 3.8) is 0 Å². The van der Waals surface area contributed by atoms with Crippen molar-refractivity contribution in [3.8, 4) is 0 Å². The third-order valence-electron chi connectivity index (χ3n) is 4.99. The number of piperazine rings is 1. The fraction of sp³-hybridized carbons (Fsp3) is 0.588. The van der Waals surface area contributed by atoms with E-state index in [9.17, 15) is 4.79 Å². The summed E-state index contributed by atoms with van der Waals surface area (Å²) in [7, 11) is 0. The van der Waals surface area contributed by atoms with Gasteiger partial charge >= 0.3 is 0 Å². The quantitative estimate of drug-likeness (QED) is 0.883. The Balaban J connectivity index is 0.000000960. The second-order valence-corrected chi connectivity index (χ2v) is 6.42. The topological polar surface area (TPSA) is 35.6 Å². The molecule has 6 heteroatoms. The molecule has 1 aromatic rings. The highest BCUT2D eigenvalue weighted by atomic mass is 35.5. The van der Waals surface area contributed by atoms with Crippen molar-refractivity contribution < 1.29 is 4.79 Å². The van der Waals surface area contributed by atoms with Gasteiger partial charge in [0.2, 0.25) is 0 Å². The van der Waals surface area contributed by atoms with Gasteiger partial charge in [-0.2, -0.15) is 0 Å². The van der Waals surface area contributed by atoms with Gasteiger partial charge in [0, 0.05) is 50.0 Å². The average Bonchev–Trinajstić information content (AvgIpc) is 3.39. The van der Waals surface area contributed by atoms with Gasteiger partial charge < -0.3 is 10.2 Å². The molecule has 4 nitrogen and oxygen atoms in total. The number of anilines is 1. The zero-order chi connectivity index (χ0) is 14.2. The monoisotopic (exact) mass is 357 g/mol. The molecule has 4 rings (SSSR count). The van der Waals surface area contributed by atoms with Crippen LogP contribution < -0.4 is 5.32 Å². The first-order valence-corrected chi connectivity index (χ1v) is 8.22. The molecule has 0 aromatic heterocycles. The average molecular weight is 358 g/mol. The minimum Gasteiger partial charge on any atom is -0.385 e. The van der Waals surface area contributed by atoms with E-state index in [0.29, 0.717) is 0 Å². The van der Waals surface area contributed by atoms with Crippen molar-refractivity contribution in [1.82, 2.24) is 9.80 Å². The van der Waals surface area contributed by atoms with E-state index in [1.54, 1.807) is 0 Å². The molecular weight excluding hydrogens is 333 g/mol. The molecule has 0 radical (unpaired) electrons. The zero-order valence-electron chi connectivity index (χ0n) is 13.3. The highest BCUT2D eigenvalue weighted by Crippen LogP contribution is 2.29. The Morgan fingerprint density at radius 3 is 2.52 bits per heavy atom. The lowest BCUT2D eigenvalue weighted by atomic mass is 9.96. The minimum atomic E-state index is 0. The number of halogens is 2. The second-order valence-electron chi connectivity index (χ2n) is 6.42. The van der Waals surface area contributed by atoms with Gasteiger partial charge in [-0.3, -0.25) is 9.69 Å². The highest BCUT2D eigenvalue weighted by molar-refractivity contribution is 5.97. The number of benzene rings is 1. The lowest BCUT2D eigenvalue weighted by Gasteiger charge is -2.35. The van der Waals surface area contributed by atoms with Gasteiger partial charge in [-0.15, -0.1) is 24.8 Å². The summed E-state index contributed by atoms with van der Waals surface area (Å²) in [5.41, 5.74) is 3.29. The number of carbonyl (C=O) groups excluding carboxylic acids is 1. The maximum atomic E-state index is 12.8. The number of carbonyl (C=O) groups is 1. The number of hydrogen-bond acceptors (Lipinski definition) is 3. The molecule has 0 spiro atoms. The maximum Gasteiger partial charge on any atom is 0.254 e. The van der Waals surface area contributed by atoms with Crippen molar-refractivity contribution >= 4 is 36.4 Å². The summed E-state index contributed by atoms with van der Waals surface area (Å²) < 4.78 is 0. The van der Waals surface area contributed by atoms with Crippen LogP contribution in [0.3, 0.4) is 0 Å². The molecule has 2 aliphatic heterocycles. The van der Waals surface area contributed by atoms with Gasteiger partial charge in [0.15, 0.2) is 0 Å². The molecule has 1 aliphatic carbocycles. The number of nitrogens with zero attached hydrogens (tertiary/aromatic N) is 2. The molecule has 0 unspecified atom stereocenters. The lowest BCUT2D eigenvalue weighted by molar-refractivity contribution is 0.0626. The van der Waals surface area contributed by atoms with Gasteiger partial charge in [0.1, 0.15) is 0 Å². The normalized spacial score (nSPS) is 20.6. The standard InChI is InChI=1S/C17H23N3O.2ClH/c21-17(20-11-9-19(10-12-20)13-6-7-13)15-3-1-5-16-14(15)4-2-8-18-16;;/h1,3,5,13,18H,2,4,6-12H2;2*1H. The molecule has 0 bridgehead atoms. The van der Waals surface area contributed by atoms with Crippen LogP contribution >= 0.6 is 24.8 Å². The van der Waals surface area contributed by atoms with Gasteiger partial charge in [-0.05, 0) is 43.4 Å².